The summed E-state index contributed by atoms with van der Waals surface area (Å²) in [6.07, 6.45) is 12.5. The largest absolute Gasteiger partial charge is 0.457 e. The number of ether oxygens (including phenoxy) is 1. The molecule has 0 N–H and O–H groups in total. The first-order valence-electron chi connectivity index (χ1n) is 8.19. The molecule has 0 aliphatic rings. The van der Waals surface area contributed by atoms with Crippen molar-refractivity contribution in [2.24, 2.45) is 7.05 Å². The smallest absolute Gasteiger partial charge is 0.303 e. The normalized spacial score (nSPS) is 10.8. The van der Waals surface area contributed by atoms with E-state index in [-0.39, 0.29) is 5.97 Å². The van der Waals surface area contributed by atoms with Crippen molar-refractivity contribution in [3.63, 3.8) is 0 Å². The molecule has 0 saturated carbocycles. The van der Waals surface area contributed by atoms with Crippen LogP contribution in [0.5, 0.6) is 0 Å². The monoisotopic (exact) mass is 296 g/mol. The molecule has 1 rings (SSSR count). The van der Waals surface area contributed by atoms with E-state index in [9.17, 15) is 4.79 Å². The second-order valence-corrected chi connectivity index (χ2v) is 5.65. The predicted molar refractivity (Wildman–Crippen MR) is 81.5 cm³/mol. The number of hydrogen-bond donors (Lipinski definition) is 0. The number of nitrogens with zero attached hydrogens (tertiary/aromatic N) is 3. The molecule has 0 fully saturated rings. The fourth-order valence-corrected chi connectivity index (χ4v) is 2.33. The van der Waals surface area contributed by atoms with E-state index in [2.05, 4.69) is 12.1 Å². The second-order valence-electron chi connectivity index (χ2n) is 5.65. The summed E-state index contributed by atoms with van der Waals surface area (Å²) in [4.78, 5) is 10.8. The fourth-order valence-electron chi connectivity index (χ4n) is 2.33. The number of hydrogen-bond acceptors (Lipinski definition) is 3. The van der Waals surface area contributed by atoms with Gasteiger partial charge in [-0.2, -0.15) is 0 Å². The van der Waals surface area contributed by atoms with Crippen LogP contribution in [0.4, 0.5) is 0 Å². The lowest BCUT2D eigenvalue weighted by atomic mass is 10.1. The van der Waals surface area contributed by atoms with E-state index >= 15 is 0 Å². The first-order chi connectivity index (χ1) is 10.1. The Morgan fingerprint density at radius 2 is 1.81 bits per heavy atom. The van der Waals surface area contributed by atoms with Crippen LogP contribution in [-0.2, 0) is 29.7 Å². The molecule has 0 amide bonds. The molecule has 0 unspecified atom stereocenters. The Morgan fingerprint density at radius 3 is 2.43 bits per heavy atom. The van der Waals surface area contributed by atoms with Gasteiger partial charge in [-0.25, -0.2) is 0 Å². The third kappa shape index (κ3) is 7.83. The van der Waals surface area contributed by atoms with Gasteiger partial charge in [0.05, 0.1) is 5.21 Å². The van der Waals surface area contributed by atoms with Gasteiger partial charge >= 0.3 is 5.97 Å². The summed E-state index contributed by atoms with van der Waals surface area (Å²) < 4.78 is 8.71. The second kappa shape index (κ2) is 10.4. The molecule has 5 heteroatoms. The van der Waals surface area contributed by atoms with E-state index in [1.165, 1.54) is 51.9 Å². The Hall–Kier alpha value is -1.39. The molecule has 1 aromatic rings. The van der Waals surface area contributed by atoms with Crippen molar-refractivity contribution in [3.05, 3.63) is 11.9 Å². The molecular formula is C16H30N3O2+. The van der Waals surface area contributed by atoms with Crippen LogP contribution >= 0.6 is 0 Å². The highest BCUT2D eigenvalue weighted by Crippen LogP contribution is 2.08. The van der Waals surface area contributed by atoms with E-state index < -0.39 is 0 Å². The quantitative estimate of drug-likeness (QED) is 0.358. The number of rotatable bonds is 11. The van der Waals surface area contributed by atoms with Crippen molar-refractivity contribution in [2.75, 3.05) is 0 Å². The van der Waals surface area contributed by atoms with Gasteiger partial charge in [0.15, 0.2) is 12.8 Å². The average Bonchev–Trinajstić information content (AvgIpc) is 2.80. The van der Waals surface area contributed by atoms with E-state index in [0.717, 1.165) is 18.7 Å². The van der Waals surface area contributed by atoms with Gasteiger partial charge < -0.3 is 4.74 Å². The van der Waals surface area contributed by atoms with Gasteiger partial charge in [-0.1, -0.05) is 45.4 Å². The molecule has 0 aliphatic carbocycles. The van der Waals surface area contributed by atoms with E-state index in [1.54, 1.807) is 4.68 Å². The molecule has 21 heavy (non-hydrogen) atoms. The summed E-state index contributed by atoms with van der Waals surface area (Å²) in [7, 11) is 1.88. The highest BCUT2D eigenvalue weighted by atomic mass is 16.5. The summed E-state index contributed by atoms with van der Waals surface area (Å²) in [5, 5.41) is 4.39. The van der Waals surface area contributed by atoms with Crippen LogP contribution in [0.25, 0.3) is 0 Å². The maximum atomic E-state index is 10.8. The average molecular weight is 296 g/mol. The topological polar surface area (TPSA) is 48.0 Å². The molecule has 120 valence electrons. The molecule has 0 radical (unpaired) electrons. The summed E-state index contributed by atoms with van der Waals surface area (Å²) in [6.45, 7) is 4.90. The van der Waals surface area contributed by atoms with E-state index in [1.807, 2.05) is 17.9 Å². The molecule has 0 spiro atoms. The molecule has 1 aromatic heterocycles. The Bertz CT molecular complexity index is 416. The number of unbranched alkanes of at least 4 members (excludes halogenated alkanes) is 7. The van der Waals surface area contributed by atoms with Crippen LogP contribution < -0.4 is 4.68 Å². The van der Waals surface area contributed by atoms with Crippen molar-refractivity contribution >= 4 is 5.97 Å². The lowest BCUT2D eigenvalue weighted by Crippen LogP contribution is -2.35. The standard InChI is InChI=1S/C16H30N3O2/c1-4-5-6-7-8-9-10-11-12-19-13-16(18(3)17-19)14-21-15(2)20/h13H,4-12,14H2,1-3H3/q+1. The van der Waals surface area contributed by atoms with Crippen LogP contribution in [0, 0.1) is 0 Å². The summed E-state index contributed by atoms with van der Waals surface area (Å²) in [6, 6.07) is 0. The van der Waals surface area contributed by atoms with Crippen LogP contribution in [0.1, 0.15) is 70.9 Å². The Labute approximate surface area is 128 Å². The highest BCUT2D eigenvalue weighted by molar-refractivity contribution is 5.65. The van der Waals surface area contributed by atoms with Crippen LogP contribution in [0.3, 0.4) is 0 Å². The minimum absolute atomic E-state index is 0.258. The van der Waals surface area contributed by atoms with Crippen molar-refractivity contribution in [1.29, 1.82) is 0 Å². The van der Waals surface area contributed by atoms with Crippen molar-refractivity contribution < 1.29 is 14.2 Å². The van der Waals surface area contributed by atoms with Crippen LogP contribution in [-0.4, -0.2) is 15.9 Å². The zero-order chi connectivity index (χ0) is 15.5. The lowest BCUT2D eigenvalue weighted by molar-refractivity contribution is -0.755. The predicted octanol–water partition coefficient (Wildman–Crippen LogP) is 2.91. The molecule has 1 heterocycles. The number of aromatic nitrogens is 3. The number of carbonyl (C=O) groups excluding carboxylic acids is 1. The first kappa shape index (κ1) is 17.7. The van der Waals surface area contributed by atoms with Crippen molar-refractivity contribution in [2.45, 2.75) is 78.4 Å². The molecule has 0 bridgehead atoms. The maximum absolute atomic E-state index is 10.8. The molecule has 0 saturated heterocycles. The molecule has 0 aromatic carbocycles. The lowest BCUT2D eigenvalue weighted by Gasteiger charge is -1.99. The van der Waals surface area contributed by atoms with Gasteiger partial charge in [-0.3, -0.25) is 4.79 Å². The van der Waals surface area contributed by atoms with E-state index in [4.69, 9.17) is 4.74 Å². The SMILES string of the molecule is CCCCCCCCCC[n+]1cc(COC(C)=O)n(C)n1. The molecule has 0 atom stereocenters. The molecule has 0 aliphatic heterocycles. The van der Waals surface area contributed by atoms with Gasteiger partial charge in [-0.15, -0.1) is 9.36 Å². The minimum Gasteiger partial charge on any atom is -0.457 e. The van der Waals surface area contributed by atoms with Gasteiger partial charge in [0.1, 0.15) is 13.6 Å². The Kier molecular flexibility index (Phi) is 8.71. The number of carbonyl (C=O) groups is 1. The minimum atomic E-state index is -0.258. The summed E-state index contributed by atoms with van der Waals surface area (Å²) >= 11 is 0. The van der Waals surface area contributed by atoms with Crippen molar-refractivity contribution in [1.82, 2.24) is 9.90 Å². The Morgan fingerprint density at radius 1 is 1.19 bits per heavy atom. The maximum Gasteiger partial charge on any atom is 0.303 e. The number of aryl methyl sites for hydroxylation is 2. The van der Waals surface area contributed by atoms with Gasteiger partial charge in [0.2, 0.25) is 5.69 Å². The summed E-state index contributed by atoms with van der Waals surface area (Å²) in [5.74, 6) is -0.258. The molecule has 5 nitrogen and oxygen atoms in total. The van der Waals surface area contributed by atoms with E-state index in [0.29, 0.717) is 6.61 Å². The van der Waals surface area contributed by atoms with Crippen molar-refractivity contribution in [3.8, 4) is 0 Å². The highest BCUT2D eigenvalue weighted by Gasteiger charge is 2.13. The number of esters is 1. The summed E-state index contributed by atoms with van der Waals surface area (Å²) in [5.41, 5.74) is 0.921. The zero-order valence-corrected chi connectivity index (χ0v) is 13.8. The first-order valence-corrected chi connectivity index (χ1v) is 8.19. The zero-order valence-electron chi connectivity index (χ0n) is 13.8. The Balaban J connectivity index is 2.15. The van der Waals surface area contributed by atoms with Crippen LogP contribution in [0.15, 0.2) is 6.20 Å². The third-order valence-corrected chi connectivity index (χ3v) is 3.63. The molecular weight excluding hydrogens is 266 g/mol. The third-order valence-electron chi connectivity index (χ3n) is 3.63. The van der Waals surface area contributed by atoms with Gasteiger partial charge in [-0.05, 0) is 12.8 Å². The van der Waals surface area contributed by atoms with Gasteiger partial charge in [0.25, 0.3) is 0 Å². The van der Waals surface area contributed by atoms with Crippen LogP contribution in [0.2, 0.25) is 0 Å². The van der Waals surface area contributed by atoms with Gasteiger partial charge in [0, 0.05) is 6.92 Å². The fraction of sp³-hybridized carbons (Fsp3) is 0.812.